The quantitative estimate of drug-likeness (QED) is 0.807. The molecule has 1 heterocycles. The van der Waals surface area contributed by atoms with Gasteiger partial charge in [-0.25, -0.2) is 0 Å². The van der Waals surface area contributed by atoms with Gasteiger partial charge in [0.1, 0.15) is 5.78 Å². The van der Waals surface area contributed by atoms with Crippen molar-refractivity contribution in [2.75, 3.05) is 11.5 Å². The van der Waals surface area contributed by atoms with Crippen LogP contribution in [0.5, 0.6) is 0 Å². The van der Waals surface area contributed by atoms with E-state index in [1.54, 1.807) is 0 Å². The number of thioether (sulfide) groups is 1. The lowest BCUT2D eigenvalue weighted by atomic mass is 9.97. The smallest absolute Gasteiger partial charge is 0.141 e. The molecule has 1 aliphatic rings. The number of rotatable bonds is 3. The van der Waals surface area contributed by atoms with Crippen molar-refractivity contribution in [2.45, 2.75) is 12.8 Å². The Hall–Kier alpha value is -0.470. The van der Waals surface area contributed by atoms with Gasteiger partial charge in [0.2, 0.25) is 0 Å². The van der Waals surface area contributed by atoms with Gasteiger partial charge in [-0.2, -0.15) is 11.8 Å². The van der Waals surface area contributed by atoms with Gasteiger partial charge in [-0.1, -0.05) is 23.7 Å². The minimum absolute atomic E-state index is 0.283. The number of Topliss-reactive ketones (excluding diaryl/α,β-unsaturated/α-hetero) is 1. The zero-order valence-corrected chi connectivity index (χ0v) is 9.98. The first-order valence-electron chi connectivity index (χ1n) is 5.10. The average Bonchev–Trinajstić information content (AvgIpc) is 2.74. The van der Waals surface area contributed by atoms with Crippen LogP contribution in [0.4, 0.5) is 0 Å². The van der Waals surface area contributed by atoms with Crippen LogP contribution in [0.3, 0.4) is 0 Å². The van der Waals surface area contributed by atoms with E-state index in [1.807, 2.05) is 36.0 Å². The Bertz CT molecular complexity index is 341. The molecule has 0 saturated carbocycles. The highest BCUT2D eigenvalue weighted by atomic mass is 35.5. The fraction of sp³-hybridized carbons (Fsp3) is 0.417. The summed E-state index contributed by atoms with van der Waals surface area (Å²) in [4.78, 5) is 11.9. The van der Waals surface area contributed by atoms with Gasteiger partial charge >= 0.3 is 0 Å². The van der Waals surface area contributed by atoms with E-state index in [9.17, 15) is 4.79 Å². The van der Waals surface area contributed by atoms with Crippen molar-refractivity contribution >= 4 is 29.1 Å². The number of benzene rings is 1. The third-order valence-corrected chi connectivity index (χ3v) is 4.09. The zero-order valence-electron chi connectivity index (χ0n) is 8.41. The molecular formula is C12H13ClOS. The molecule has 0 aromatic heterocycles. The number of hydrogen-bond donors (Lipinski definition) is 0. The molecule has 0 amide bonds. The summed E-state index contributed by atoms with van der Waals surface area (Å²) in [6, 6.07) is 7.55. The largest absolute Gasteiger partial charge is 0.299 e. The summed E-state index contributed by atoms with van der Waals surface area (Å²) in [5, 5.41) is 0.725. The fourth-order valence-corrected chi connectivity index (χ4v) is 3.12. The van der Waals surface area contributed by atoms with E-state index >= 15 is 0 Å². The van der Waals surface area contributed by atoms with Crippen molar-refractivity contribution in [3.8, 4) is 0 Å². The first-order chi connectivity index (χ1) is 7.25. The van der Waals surface area contributed by atoms with Crippen molar-refractivity contribution in [3.05, 3.63) is 34.9 Å². The number of carbonyl (C=O) groups excluding carboxylic acids is 1. The molecule has 3 heteroatoms. The van der Waals surface area contributed by atoms with E-state index in [0.717, 1.165) is 28.5 Å². The Morgan fingerprint density at radius 2 is 2.13 bits per heavy atom. The molecule has 1 aliphatic heterocycles. The first-order valence-corrected chi connectivity index (χ1v) is 6.64. The predicted octanol–water partition coefficient (Wildman–Crippen LogP) is 3.20. The molecule has 1 atom stereocenters. The van der Waals surface area contributed by atoms with Crippen molar-refractivity contribution in [1.82, 2.24) is 0 Å². The topological polar surface area (TPSA) is 17.1 Å². The van der Waals surface area contributed by atoms with Crippen LogP contribution in [0.25, 0.3) is 0 Å². The summed E-state index contributed by atoms with van der Waals surface area (Å²) in [7, 11) is 0. The van der Waals surface area contributed by atoms with Crippen LogP contribution in [0.15, 0.2) is 24.3 Å². The SMILES string of the molecule is O=C(Cc1ccc(Cl)cc1)C1CCSC1. The van der Waals surface area contributed by atoms with Gasteiger partial charge in [0.05, 0.1) is 0 Å². The maximum atomic E-state index is 11.9. The van der Waals surface area contributed by atoms with Crippen molar-refractivity contribution in [3.63, 3.8) is 0 Å². The van der Waals surface area contributed by atoms with Gasteiger partial charge in [0.25, 0.3) is 0 Å². The van der Waals surface area contributed by atoms with E-state index in [-0.39, 0.29) is 5.92 Å². The highest BCUT2D eigenvalue weighted by Crippen LogP contribution is 2.25. The van der Waals surface area contributed by atoms with Gasteiger partial charge in [-0.3, -0.25) is 4.79 Å². The minimum atomic E-state index is 0.283. The highest BCUT2D eigenvalue weighted by molar-refractivity contribution is 7.99. The van der Waals surface area contributed by atoms with E-state index in [1.165, 1.54) is 0 Å². The van der Waals surface area contributed by atoms with Gasteiger partial charge in [0, 0.05) is 23.1 Å². The second-order valence-corrected chi connectivity index (χ2v) is 5.42. The predicted molar refractivity (Wildman–Crippen MR) is 65.6 cm³/mol. The summed E-state index contributed by atoms with van der Waals surface area (Å²) in [6.07, 6.45) is 1.61. The molecule has 0 spiro atoms. The summed E-state index contributed by atoms with van der Waals surface area (Å²) in [6.45, 7) is 0. The van der Waals surface area contributed by atoms with Gasteiger partial charge < -0.3 is 0 Å². The molecule has 0 aliphatic carbocycles. The van der Waals surface area contributed by atoms with Gasteiger partial charge in [-0.15, -0.1) is 0 Å². The maximum absolute atomic E-state index is 11.9. The van der Waals surface area contributed by atoms with Gasteiger partial charge in [0.15, 0.2) is 0 Å². The molecule has 1 saturated heterocycles. The average molecular weight is 241 g/mol. The van der Waals surface area contributed by atoms with Crippen molar-refractivity contribution in [2.24, 2.45) is 5.92 Å². The number of hydrogen-bond acceptors (Lipinski definition) is 2. The van der Waals surface area contributed by atoms with E-state index in [0.29, 0.717) is 12.2 Å². The lowest BCUT2D eigenvalue weighted by molar-refractivity contribution is -0.121. The number of halogens is 1. The second-order valence-electron chi connectivity index (χ2n) is 3.83. The van der Waals surface area contributed by atoms with Gasteiger partial charge in [-0.05, 0) is 29.9 Å². The first kappa shape index (κ1) is 11.0. The van der Waals surface area contributed by atoms with E-state index in [4.69, 9.17) is 11.6 Å². The van der Waals surface area contributed by atoms with Crippen LogP contribution >= 0.6 is 23.4 Å². The van der Waals surface area contributed by atoms with Crippen LogP contribution in [0.2, 0.25) is 5.02 Å². The van der Waals surface area contributed by atoms with Crippen LogP contribution in [-0.2, 0) is 11.2 Å². The Morgan fingerprint density at radius 3 is 2.73 bits per heavy atom. The molecule has 2 rings (SSSR count). The molecule has 80 valence electrons. The summed E-state index contributed by atoms with van der Waals surface area (Å²) >= 11 is 7.67. The molecule has 1 nitrogen and oxygen atoms in total. The summed E-state index contributed by atoms with van der Waals surface area (Å²) in [5.41, 5.74) is 1.07. The summed E-state index contributed by atoms with van der Waals surface area (Å²) in [5.74, 6) is 2.80. The van der Waals surface area contributed by atoms with Crippen LogP contribution in [0, 0.1) is 5.92 Å². The Balaban J connectivity index is 1.96. The van der Waals surface area contributed by atoms with Crippen LogP contribution in [0.1, 0.15) is 12.0 Å². The van der Waals surface area contributed by atoms with Crippen molar-refractivity contribution in [1.29, 1.82) is 0 Å². The lowest BCUT2D eigenvalue weighted by Crippen LogP contribution is -2.15. The Kier molecular flexibility index (Phi) is 3.71. The van der Waals surface area contributed by atoms with Crippen LogP contribution in [-0.4, -0.2) is 17.3 Å². The maximum Gasteiger partial charge on any atom is 0.141 e. The second kappa shape index (κ2) is 5.04. The van der Waals surface area contributed by atoms with E-state index < -0.39 is 0 Å². The molecule has 1 aromatic carbocycles. The molecule has 0 bridgehead atoms. The van der Waals surface area contributed by atoms with Crippen LogP contribution < -0.4 is 0 Å². The number of carbonyl (C=O) groups is 1. The third kappa shape index (κ3) is 2.99. The van der Waals surface area contributed by atoms with E-state index in [2.05, 4.69) is 0 Å². The van der Waals surface area contributed by atoms with Crippen molar-refractivity contribution < 1.29 is 4.79 Å². The number of ketones is 1. The molecule has 1 aromatic rings. The molecule has 15 heavy (non-hydrogen) atoms. The molecule has 0 radical (unpaired) electrons. The Morgan fingerprint density at radius 1 is 1.40 bits per heavy atom. The highest BCUT2D eigenvalue weighted by Gasteiger charge is 2.22. The minimum Gasteiger partial charge on any atom is -0.299 e. The fourth-order valence-electron chi connectivity index (χ4n) is 1.74. The standard InChI is InChI=1S/C12H13ClOS/c13-11-3-1-9(2-4-11)7-12(14)10-5-6-15-8-10/h1-4,10H,5-8H2. The zero-order chi connectivity index (χ0) is 10.7. The lowest BCUT2D eigenvalue weighted by Gasteiger charge is -2.06. The third-order valence-electron chi connectivity index (χ3n) is 2.68. The summed E-state index contributed by atoms with van der Waals surface area (Å²) < 4.78 is 0. The molecular weight excluding hydrogens is 228 g/mol. The molecule has 1 fully saturated rings. The molecule has 1 unspecified atom stereocenters. The Labute approximate surface area is 99.2 Å². The molecule has 0 N–H and O–H groups in total. The monoisotopic (exact) mass is 240 g/mol. The normalized spacial score (nSPS) is 20.5.